The van der Waals surface area contributed by atoms with Crippen LogP contribution in [0.4, 0.5) is 4.39 Å². The third-order valence-electron chi connectivity index (χ3n) is 5.33. The van der Waals surface area contributed by atoms with Crippen LogP contribution in [0.25, 0.3) is 11.0 Å². The van der Waals surface area contributed by atoms with Gasteiger partial charge >= 0.3 is 0 Å². The topological polar surface area (TPSA) is 59.8 Å². The van der Waals surface area contributed by atoms with E-state index in [1.807, 2.05) is 53.9 Å². The molecule has 0 saturated heterocycles. The molecule has 0 atom stereocenters. The van der Waals surface area contributed by atoms with Crippen molar-refractivity contribution >= 4 is 40.0 Å². The monoisotopic (exact) mass is 488 g/mol. The van der Waals surface area contributed by atoms with E-state index in [1.165, 1.54) is 6.07 Å². The molecule has 5 nitrogen and oxygen atoms in total. The number of halogens is 1. The molecule has 0 spiro atoms. The fraction of sp³-hybridized carbons (Fsp3) is 0.115. The molecule has 0 unspecified atom stereocenters. The highest BCUT2D eigenvalue weighted by atomic mass is 32.2. The normalized spacial score (nSPS) is 11.1. The van der Waals surface area contributed by atoms with Crippen molar-refractivity contribution in [1.82, 2.24) is 19.9 Å². The number of imidazole rings is 1. The summed E-state index contributed by atoms with van der Waals surface area (Å²) in [7, 11) is 0. The third-order valence-corrected chi connectivity index (χ3v) is 7.26. The number of fused-ring (bicyclic) bond motifs is 1. The Kier molecular flexibility index (Phi) is 6.69. The van der Waals surface area contributed by atoms with E-state index in [1.54, 1.807) is 47.6 Å². The van der Waals surface area contributed by atoms with Crippen LogP contribution in [-0.2, 0) is 18.8 Å². The smallest absolute Gasteiger partial charge is 0.251 e. The van der Waals surface area contributed by atoms with E-state index in [0.29, 0.717) is 24.4 Å². The van der Waals surface area contributed by atoms with E-state index >= 15 is 0 Å². The predicted molar refractivity (Wildman–Crippen MR) is 135 cm³/mol. The predicted octanol–water partition coefficient (Wildman–Crippen LogP) is 5.90. The molecule has 0 radical (unpaired) electrons. The molecule has 5 aromatic rings. The van der Waals surface area contributed by atoms with Gasteiger partial charge in [-0.1, -0.05) is 42.1 Å². The summed E-state index contributed by atoms with van der Waals surface area (Å²) in [4.78, 5) is 22.5. The van der Waals surface area contributed by atoms with Crippen LogP contribution in [0.3, 0.4) is 0 Å². The molecule has 34 heavy (non-hydrogen) atoms. The lowest BCUT2D eigenvalue weighted by molar-refractivity contribution is 0.0951. The number of hydrogen-bond acceptors (Lipinski definition) is 5. The van der Waals surface area contributed by atoms with Gasteiger partial charge in [-0.2, -0.15) is 0 Å². The SMILES string of the molecule is O=C(NCc1cccs1)c1ccc(CSc2nc3ccncc3n2Cc2cccc(F)c2)cc1. The van der Waals surface area contributed by atoms with Gasteiger partial charge in [0.15, 0.2) is 5.16 Å². The first-order chi connectivity index (χ1) is 16.7. The maximum Gasteiger partial charge on any atom is 0.251 e. The number of carbonyl (C=O) groups is 1. The molecule has 2 aromatic carbocycles. The number of aromatic nitrogens is 3. The molecule has 3 heterocycles. The van der Waals surface area contributed by atoms with Crippen molar-refractivity contribution in [3.63, 3.8) is 0 Å². The molecule has 3 aromatic heterocycles. The number of hydrogen-bond donors (Lipinski definition) is 1. The number of pyridine rings is 1. The molecular weight excluding hydrogens is 467 g/mol. The largest absolute Gasteiger partial charge is 0.347 e. The van der Waals surface area contributed by atoms with Crippen LogP contribution < -0.4 is 5.32 Å². The van der Waals surface area contributed by atoms with Gasteiger partial charge in [0.25, 0.3) is 5.91 Å². The summed E-state index contributed by atoms with van der Waals surface area (Å²) >= 11 is 3.23. The second-order valence-electron chi connectivity index (χ2n) is 7.72. The number of benzene rings is 2. The first-order valence-electron chi connectivity index (χ1n) is 10.7. The zero-order valence-corrected chi connectivity index (χ0v) is 19.8. The molecule has 0 fully saturated rings. The van der Waals surface area contributed by atoms with Crippen molar-refractivity contribution in [2.24, 2.45) is 0 Å². The standard InChI is InChI=1S/C26H21FN4OS2/c27-21-4-1-3-19(13-21)16-31-24-15-28-11-10-23(24)30-26(31)34-17-18-6-8-20(9-7-18)25(32)29-14-22-5-2-12-33-22/h1-13,15H,14,16-17H2,(H,29,32). The molecule has 1 amide bonds. The van der Waals surface area contributed by atoms with Crippen molar-refractivity contribution in [2.45, 2.75) is 24.0 Å². The minimum atomic E-state index is -0.256. The lowest BCUT2D eigenvalue weighted by Crippen LogP contribution is -2.22. The van der Waals surface area contributed by atoms with Crippen molar-refractivity contribution in [1.29, 1.82) is 0 Å². The number of nitrogens with one attached hydrogen (secondary N) is 1. The Morgan fingerprint density at radius 3 is 2.74 bits per heavy atom. The lowest BCUT2D eigenvalue weighted by Gasteiger charge is -2.10. The average Bonchev–Trinajstić information content (AvgIpc) is 3.50. The Morgan fingerprint density at radius 2 is 1.94 bits per heavy atom. The highest BCUT2D eigenvalue weighted by molar-refractivity contribution is 7.98. The number of thioether (sulfide) groups is 1. The number of nitrogens with zero attached hydrogens (tertiary/aromatic N) is 3. The molecule has 170 valence electrons. The van der Waals surface area contributed by atoms with Gasteiger partial charge in [-0.05, 0) is 52.9 Å². The first kappa shape index (κ1) is 22.3. The van der Waals surface area contributed by atoms with E-state index in [-0.39, 0.29) is 11.7 Å². The van der Waals surface area contributed by atoms with Crippen LogP contribution in [0.5, 0.6) is 0 Å². The Balaban J connectivity index is 1.28. The Bertz CT molecular complexity index is 1410. The van der Waals surface area contributed by atoms with E-state index in [4.69, 9.17) is 4.98 Å². The van der Waals surface area contributed by atoms with Crippen molar-refractivity contribution in [3.05, 3.63) is 112 Å². The van der Waals surface area contributed by atoms with Gasteiger partial charge in [0.05, 0.1) is 30.3 Å². The molecular formula is C26H21FN4OS2. The highest BCUT2D eigenvalue weighted by Gasteiger charge is 2.13. The van der Waals surface area contributed by atoms with Crippen LogP contribution >= 0.6 is 23.1 Å². The zero-order valence-electron chi connectivity index (χ0n) is 18.1. The maximum absolute atomic E-state index is 13.7. The Hall–Kier alpha value is -3.49. The van der Waals surface area contributed by atoms with Gasteiger partial charge in [0.1, 0.15) is 5.82 Å². The van der Waals surface area contributed by atoms with Gasteiger partial charge in [-0.3, -0.25) is 9.78 Å². The molecule has 1 N–H and O–H groups in total. The summed E-state index contributed by atoms with van der Waals surface area (Å²) in [5, 5.41) is 5.78. The first-order valence-corrected chi connectivity index (χ1v) is 12.6. The highest BCUT2D eigenvalue weighted by Crippen LogP contribution is 2.27. The van der Waals surface area contributed by atoms with E-state index in [9.17, 15) is 9.18 Å². The quantitative estimate of drug-likeness (QED) is 0.276. The van der Waals surface area contributed by atoms with Gasteiger partial charge in [0, 0.05) is 22.4 Å². The minimum absolute atomic E-state index is 0.0861. The maximum atomic E-state index is 13.7. The minimum Gasteiger partial charge on any atom is -0.347 e. The second-order valence-corrected chi connectivity index (χ2v) is 9.70. The molecule has 5 rings (SSSR count). The summed E-state index contributed by atoms with van der Waals surface area (Å²) < 4.78 is 15.8. The Morgan fingerprint density at radius 1 is 1.06 bits per heavy atom. The van der Waals surface area contributed by atoms with Crippen LogP contribution in [-0.4, -0.2) is 20.4 Å². The summed E-state index contributed by atoms with van der Waals surface area (Å²) in [6.07, 6.45) is 3.51. The van der Waals surface area contributed by atoms with Crippen LogP contribution in [0, 0.1) is 5.82 Å². The molecule has 0 saturated carbocycles. The number of carbonyl (C=O) groups excluding carboxylic acids is 1. The van der Waals surface area contributed by atoms with Crippen molar-refractivity contribution in [3.8, 4) is 0 Å². The van der Waals surface area contributed by atoms with Gasteiger partial charge in [0.2, 0.25) is 0 Å². The second kappa shape index (κ2) is 10.2. The fourth-order valence-corrected chi connectivity index (χ4v) is 5.23. The lowest BCUT2D eigenvalue weighted by atomic mass is 10.1. The van der Waals surface area contributed by atoms with Gasteiger partial charge < -0.3 is 9.88 Å². The molecule has 8 heteroatoms. The molecule has 0 aliphatic rings. The van der Waals surface area contributed by atoms with Crippen LogP contribution in [0.2, 0.25) is 0 Å². The van der Waals surface area contributed by atoms with Gasteiger partial charge in [-0.25, -0.2) is 9.37 Å². The van der Waals surface area contributed by atoms with E-state index in [2.05, 4.69) is 14.9 Å². The number of thiophene rings is 1. The average molecular weight is 489 g/mol. The third kappa shape index (κ3) is 5.18. The fourth-order valence-electron chi connectivity index (χ4n) is 3.61. The Labute approximate surface area is 204 Å². The molecule has 0 bridgehead atoms. The summed E-state index contributed by atoms with van der Waals surface area (Å²) in [6, 6.07) is 20.1. The number of amides is 1. The zero-order chi connectivity index (χ0) is 23.3. The number of rotatable bonds is 8. The summed E-state index contributed by atoms with van der Waals surface area (Å²) in [6.45, 7) is 1.04. The summed E-state index contributed by atoms with van der Waals surface area (Å²) in [5.41, 5.74) is 4.35. The molecule has 0 aliphatic carbocycles. The van der Waals surface area contributed by atoms with Crippen LogP contribution in [0.1, 0.15) is 26.4 Å². The van der Waals surface area contributed by atoms with Crippen molar-refractivity contribution in [2.75, 3.05) is 0 Å². The summed E-state index contributed by atoms with van der Waals surface area (Å²) in [5.74, 6) is 0.350. The van der Waals surface area contributed by atoms with Gasteiger partial charge in [-0.15, -0.1) is 11.3 Å². The van der Waals surface area contributed by atoms with Crippen molar-refractivity contribution < 1.29 is 9.18 Å². The van der Waals surface area contributed by atoms with E-state index in [0.717, 1.165) is 32.2 Å². The van der Waals surface area contributed by atoms with E-state index < -0.39 is 0 Å². The molecule has 0 aliphatic heterocycles. The van der Waals surface area contributed by atoms with Crippen LogP contribution in [0.15, 0.2) is 89.7 Å².